The van der Waals surface area contributed by atoms with E-state index >= 15 is 0 Å². The summed E-state index contributed by atoms with van der Waals surface area (Å²) in [7, 11) is 1.57. The Balaban J connectivity index is 1.46. The molecule has 9 nitrogen and oxygen atoms in total. The van der Waals surface area contributed by atoms with Crippen LogP contribution in [0.5, 0.6) is 5.75 Å². The minimum absolute atomic E-state index is 0.215. The van der Waals surface area contributed by atoms with Gasteiger partial charge in [0.15, 0.2) is 0 Å². The zero-order valence-electron chi connectivity index (χ0n) is 22.2. The maximum atomic E-state index is 14.5. The summed E-state index contributed by atoms with van der Waals surface area (Å²) in [6.45, 7) is 0.102. The highest BCUT2D eigenvalue weighted by Gasteiger charge is 2.72. The molecule has 2 aromatic rings. The first-order valence-corrected chi connectivity index (χ1v) is 13.6. The van der Waals surface area contributed by atoms with Gasteiger partial charge in [0.2, 0.25) is 5.91 Å². The molecular weight excluding hydrogens is 512 g/mol. The average Bonchev–Trinajstić information content (AvgIpc) is 3.35. The van der Waals surface area contributed by atoms with Crippen LogP contribution in [0.1, 0.15) is 12.0 Å². The number of methoxy groups -OCH3 is 1. The molecule has 4 aliphatic rings. The van der Waals surface area contributed by atoms with Crippen LogP contribution in [0.3, 0.4) is 0 Å². The molecule has 2 aromatic carbocycles. The van der Waals surface area contributed by atoms with Crippen molar-refractivity contribution in [2.75, 3.05) is 31.8 Å². The summed E-state index contributed by atoms with van der Waals surface area (Å²) in [6.07, 6.45) is 7.47. The van der Waals surface area contributed by atoms with E-state index in [1.807, 2.05) is 48.6 Å². The summed E-state index contributed by atoms with van der Waals surface area (Å²) >= 11 is 0. The molecular formula is C31H32N2O7. The average molecular weight is 545 g/mol. The number of likely N-dealkylation sites (tertiary alicyclic amines) is 1. The maximum absolute atomic E-state index is 14.5. The molecule has 1 spiro atoms. The number of ether oxygens (including phenoxy) is 3. The van der Waals surface area contributed by atoms with Gasteiger partial charge in [-0.3, -0.25) is 14.4 Å². The first-order valence-electron chi connectivity index (χ1n) is 13.6. The van der Waals surface area contributed by atoms with Crippen LogP contribution in [0.4, 0.5) is 5.69 Å². The van der Waals surface area contributed by atoms with Crippen molar-refractivity contribution in [3.8, 4) is 5.75 Å². The standard InChI is InChI=1S/C31H32N2O7/c1-38-23-13-11-21(12-14-23)32-16-7-15-31-26(25-24(40-31)10-5-6-17-39-30(25)37)28(35)33(27(31)29(32)36)22(19-34)18-20-8-3-2-4-9-20/h2-5,7-15,22,24-27,34H,6,16-19H2,1H3/t22-,24+,25-,26+,27?,31+/m1/s1. The third kappa shape index (κ3) is 4.20. The fraction of sp³-hybridized carbons (Fsp3) is 0.387. The van der Waals surface area contributed by atoms with Crippen LogP contribution < -0.4 is 9.64 Å². The van der Waals surface area contributed by atoms with E-state index in [-0.39, 0.29) is 25.7 Å². The van der Waals surface area contributed by atoms with E-state index in [0.717, 1.165) is 5.56 Å². The lowest BCUT2D eigenvalue weighted by atomic mass is 9.77. The van der Waals surface area contributed by atoms with Crippen molar-refractivity contribution in [2.24, 2.45) is 11.8 Å². The lowest BCUT2D eigenvalue weighted by molar-refractivity contribution is -0.155. The van der Waals surface area contributed by atoms with Crippen molar-refractivity contribution in [3.63, 3.8) is 0 Å². The molecule has 4 aliphatic heterocycles. The van der Waals surface area contributed by atoms with Crippen LogP contribution in [0.2, 0.25) is 0 Å². The van der Waals surface area contributed by atoms with E-state index in [4.69, 9.17) is 14.2 Å². The summed E-state index contributed by atoms with van der Waals surface area (Å²) in [5.41, 5.74) is 0.147. The Bertz CT molecular complexity index is 1340. The number of esters is 1. The molecule has 40 heavy (non-hydrogen) atoms. The molecule has 208 valence electrons. The Hall–Kier alpha value is -3.95. The monoisotopic (exact) mass is 544 g/mol. The van der Waals surface area contributed by atoms with Gasteiger partial charge in [-0.25, -0.2) is 0 Å². The summed E-state index contributed by atoms with van der Waals surface area (Å²) in [4.78, 5) is 45.3. The van der Waals surface area contributed by atoms with Crippen LogP contribution in [-0.2, 0) is 30.3 Å². The highest BCUT2D eigenvalue weighted by molar-refractivity contribution is 6.05. The van der Waals surface area contributed by atoms with Gasteiger partial charge in [-0.2, -0.15) is 0 Å². The van der Waals surface area contributed by atoms with Gasteiger partial charge in [0.1, 0.15) is 23.3 Å². The molecule has 6 atom stereocenters. The Morgan fingerprint density at radius 3 is 2.55 bits per heavy atom. The number of aliphatic hydroxyl groups is 1. The van der Waals surface area contributed by atoms with E-state index in [1.165, 1.54) is 4.90 Å². The van der Waals surface area contributed by atoms with Crippen LogP contribution >= 0.6 is 0 Å². The zero-order chi connectivity index (χ0) is 27.9. The highest BCUT2D eigenvalue weighted by atomic mass is 16.6. The SMILES string of the molecule is COc1ccc(N2CC=C[C@]34O[C@H]5C=CCCOC(=O)[C@H]5[C@H]3C(=O)N([C@@H](CO)Cc3ccccc3)C4C2=O)cc1. The van der Waals surface area contributed by atoms with E-state index in [1.54, 1.807) is 42.4 Å². The van der Waals surface area contributed by atoms with Gasteiger partial charge in [-0.05, 0) is 42.7 Å². The number of rotatable bonds is 6. The summed E-state index contributed by atoms with van der Waals surface area (Å²) in [5.74, 6) is -2.47. The van der Waals surface area contributed by atoms with Crippen LogP contribution in [0.25, 0.3) is 0 Å². The largest absolute Gasteiger partial charge is 0.497 e. The molecule has 0 aliphatic carbocycles. The van der Waals surface area contributed by atoms with Gasteiger partial charge in [0, 0.05) is 12.2 Å². The topological polar surface area (TPSA) is 106 Å². The first kappa shape index (κ1) is 26.3. The third-order valence-corrected chi connectivity index (χ3v) is 8.36. The molecule has 2 amide bonds. The second-order valence-electron chi connectivity index (χ2n) is 10.5. The Labute approximate surface area is 232 Å². The highest BCUT2D eigenvalue weighted by Crippen LogP contribution is 2.54. The molecule has 2 fully saturated rings. The molecule has 4 heterocycles. The molecule has 0 radical (unpaired) electrons. The maximum Gasteiger partial charge on any atom is 0.312 e. The minimum atomic E-state index is -1.40. The summed E-state index contributed by atoms with van der Waals surface area (Å²) in [6, 6.07) is 14.8. The normalized spacial score (nSPS) is 30.1. The number of amides is 2. The Morgan fingerprint density at radius 2 is 1.82 bits per heavy atom. The third-order valence-electron chi connectivity index (χ3n) is 8.36. The smallest absolute Gasteiger partial charge is 0.312 e. The summed E-state index contributed by atoms with van der Waals surface area (Å²) < 4.78 is 17.4. The quantitative estimate of drug-likeness (QED) is 0.440. The van der Waals surface area contributed by atoms with Gasteiger partial charge in [0.05, 0.1) is 38.4 Å². The van der Waals surface area contributed by atoms with E-state index in [0.29, 0.717) is 24.3 Å². The van der Waals surface area contributed by atoms with Crippen molar-refractivity contribution in [1.29, 1.82) is 0 Å². The van der Waals surface area contributed by atoms with Crippen molar-refractivity contribution in [1.82, 2.24) is 4.90 Å². The van der Waals surface area contributed by atoms with Gasteiger partial charge in [-0.15, -0.1) is 0 Å². The molecule has 1 unspecified atom stereocenters. The molecule has 0 saturated carbocycles. The zero-order valence-corrected chi connectivity index (χ0v) is 22.2. The molecule has 0 bridgehead atoms. The lowest BCUT2D eigenvalue weighted by Gasteiger charge is -2.38. The first-order chi connectivity index (χ1) is 19.5. The van der Waals surface area contributed by atoms with E-state index in [2.05, 4.69) is 0 Å². The fourth-order valence-electron chi connectivity index (χ4n) is 6.57. The van der Waals surface area contributed by atoms with Crippen molar-refractivity contribution >= 4 is 23.5 Å². The molecule has 6 rings (SSSR count). The van der Waals surface area contributed by atoms with E-state index < -0.39 is 47.5 Å². The number of hydrogen-bond acceptors (Lipinski definition) is 7. The predicted octanol–water partition coefficient (Wildman–Crippen LogP) is 2.29. The van der Waals surface area contributed by atoms with Crippen LogP contribution in [0, 0.1) is 11.8 Å². The number of nitrogens with zero attached hydrogens (tertiary/aromatic N) is 2. The number of anilines is 1. The van der Waals surface area contributed by atoms with Gasteiger partial charge in [-0.1, -0.05) is 54.6 Å². The fourth-order valence-corrected chi connectivity index (χ4v) is 6.57. The number of benzene rings is 2. The lowest BCUT2D eigenvalue weighted by Crippen LogP contribution is -2.58. The van der Waals surface area contributed by atoms with Gasteiger partial charge < -0.3 is 29.1 Å². The number of hydrogen-bond donors (Lipinski definition) is 1. The number of carbonyl (C=O) groups excluding carboxylic acids is 3. The second kappa shape index (κ2) is 10.6. The van der Waals surface area contributed by atoms with Gasteiger partial charge >= 0.3 is 5.97 Å². The number of cyclic esters (lactones) is 1. The van der Waals surface area contributed by atoms with Gasteiger partial charge in [0.25, 0.3) is 5.91 Å². The molecule has 0 aromatic heterocycles. The molecule has 1 N–H and O–H groups in total. The molecule has 2 saturated heterocycles. The Morgan fingerprint density at radius 1 is 1.05 bits per heavy atom. The van der Waals surface area contributed by atoms with Crippen molar-refractivity contribution in [2.45, 2.75) is 36.6 Å². The Kier molecular flexibility index (Phi) is 6.93. The minimum Gasteiger partial charge on any atom is -0.497 e. The predicted molar refractivity (Wildman–Crippen MR) is 145 cm³/mol. The summed E-state index contributed by atoms with van der Waals surface area (Å²) in [5, 5.41) is 10.6. The van der Waals surface area contributed by atoms with Crippen LogP contribution in [0.15, 0.2) is 78.9 Å². The number of aliphatic hydroxyl groups excluding tert-OH is 1. The second-order valence-corrected chi connectivity index (χ2v) is 10.5. The van der Waals surface area contributed by atoms with E-state index in [9.17, 15) is 19.5 Å². The van der Waals surface area contributed by atoms with Crippen molar-refractivity contribution < 1.29 is 33.7 Å². The molecule has 9 heteroatoms. The number of fused-ring (bicyclic) bond motifs is 2. The number of carbonyl (C=O) groups is 3. The van der Waals surface area contributed by atoms with Crippen LogP contribution in [-0.4, -0.2) is 78.4 Å². The van der Waals surface area contributed by atoms with Crippen molar-refractivity contribution in [3.05, 3.63) is 84.5 Å².